The van der Waals surface area contributed by atoms with Crippen LogP contribution in [0.2, 0.25) is 0 Å². The Hall–Kier alpha value is -1.51. The van der Waals surface area contributed by atoms with E-state index < -0.39 is 5.97 Å². The predicted octanol–water partition coefficient (Wildman–Crippen LogP) is 3.13. The molecular weight excluding hydrogens is 214 g/mol. The number of hydrogen-bond donors (Lipinski definition) is 2. The van der Waals surface area contributed by atoms with Crippen LogP contribution in [-0.4, -0.2) is 17.6 Å². The highest BCUT2D eigenvalue weighted by molar-refractivity contribution is 5.69. The molecule has 1 aromatic carbocycles. The number of rotatable bonds is 5. The van der Waals surface area contributed by atoms with Crippen LogP contribution in [0.3, 0.4) is 0 Å². The van der Waals surface area contributed by atoms with Crippen molar-refractivity contribution in [1.29, 1.82) is 0 Å². The first kappa shape index (κ1) is 13.6. The molecule has 0 radical (unpaired) electrons. The van der Waals surface area contributed by atoms with Gasteiger partial charge in [0.05, 0.1) is 5.92 Å². The third-order valence-corrected chi connectivity index (χ3v) is 3.16. The first-order valence-corrected chi connectivity index (χ1v) is 5.96. The Kier molecular flexibility index (Phi) is 4.55. The topological polar surface area (TPSA) is 49.3 Å². The summed E-state index contributed by atoms with van der Waals surface area (Å²) in [4.78, 5) is 10.7. The molecule has 17 heavy (non-hydrogen) atoms. The van der Waals surface area contributed by atoms with E-state index in [1.807, 2.05) is 0 Å². The zero-order valence-corrected chi connectivity index (χ0v) is 11.0. The Balaban J connectivity index is 2.58. The zero-order chi connectivity index (χ0) is 13.0. The van der Waals surface area contributed by atoms with Crippen molar-refractivity contribution in [2.24, 2.45) is 5.92 Å². The molecule has 1 rings (SSSR count). The highest BCUT2D eigenvalue weighted by atomic mass is 16.4. The molecule has 3 heteroatoms. The number of carbonyl (C=O) groups is 1. The first-order chi connectivity index (χ1) is 7.91. The second-order valence-corrected chi connectivity index (χ2v) is 4.71. The molecule has 0 aliphatic rings. The molecule has 0 bridgehead atoms. The SMILES string of the molecule is Cc1cc(C)c(NCCC(C)C(=O)O)cc1C. The van der Waals surface area contributed by atoms with Gasteiger partial charge >= 0.3 is 5.97 Å². The first-order valence-electron chi connectivity index (χ1n) is 5.96. The maximum atomic E-state index is 10.7. The van der Waals surface area contributed by atoms with Crippen LogP contribution in [0.1, 0.15) is 30.0 Å². The van der Waals surface area contributed by atoms with E-state index in [2.05, 4.69) is 38.2 Å². The number of aryl methyl sites for hydroxylation is 3. The van der Waals surface area contributed by atoms with Gasteiger partial charge in [0.25, 0.3) is 0 Å². The third kappa shape index (κ3) is 3.77. The van der Waals surface area contributed by atoms with E-state index in [-0.39, 0.29) is 5.92 Å². The lowest BCUT2D eigenvalue weighted by Gasteiger charge is -2.13. The molecule has 94 valence electrons. The van der Waals surface area contributed by atoms with Crippen LogP contribution in [0.15, 0.2) is 12.1 Å². The number of hydrogen-bond acceptors (Lipinski definition) is 2. The fourth-order valence-corrected chi connectivity index (χ4v) is 1.70. The Labute approximate surface area is 103 Å². The van der Waals surface area contributed by atoms with Crippen LogP contribution in [0.25, 0.3) is 0 Å². The summed E-state index contributed by atoms with van der Waals surface area (Å²) in [5, 5.41) is 12.1. The van der Waals surface area contributed by atoms with E-state index in [4.69, 9.17) is 5.11 Å². The smallest absolute Gasteiger partial charge is 0.306 e. The van der Waals surface area contributed by atoms with E-state index in [0.717, 1.165) is 5.69 Å². The minimum Gasteiger partial charge on any atom is -0.481 e. The van der Waals surface area contributed by atoms with Crippen LogP contribution in [0, 0.1) is 26.7 Å². The van der Waals surface area contributed by atoms with Gasteiger partial charge in [0.2, 0.25) is 0 Å². The van der Waals surface area contributed by atoms with Gasteiger partial charge in [-0.3, -0.25) is 4.79 Å². The number of carboxylic acid groups (broad SMARTS) is 1. The van der Waals surface area contributed by atoms with Gasteiger partial charge in [0, 0.05) is 12.2 Å². The number of nitrogens with one attached hydrogen (secondary N) is 1. The summed E-state index contributed by atoms with van der Waals surface area (Å²) < 4.78 is 0. The summed E-state index contributed by atoms with van der Waals surface area (Å²) in [5.41, 5.74) is 4.85. The van der Waals surface area contributed by atoms with E-state index >= 15 is 0 Å². The van der Waals surface area contributed by atoms with Crippen LogP contribution >= 0.6 is 0 Å². The highest BCUT2D eigenvalue weighted by Crippen LogP contribution is 2.20. The van der Waals surface area contributed by atoms with Crippen molar-refractivity contribution in [2.45, 2.75) is 34.1 Å². The van der Waals surface area contributed by atoms with Gasteiger partial charge in [-0.25, -0.2) is 0 Å². The molecule has 0 amide bonds. The fraction of sp³-hybridized carbons (Fsp3) is 0.500. The van der Waals surface area contributed by atoms with E-state index in [1.165, 1.54) is 16.7 Å². The van der Waals surface area contributed by atoms with Crippen LogP contribution in [0.4, 0.5) is 5.69 Å². The largest absolute Gasteiger partial charge is 0.481 e. The Morgan fingerprint density at radius 2 is 1.82 bits per heavy atom. The molecule has 0 fully saturated rings. The second kappa shape index (κ2) is 5.71. The third-order valence-electron chi connectivity index (χ3n) is 3.16. The predicted molar refractivity (Wildman–Crippen MR) is 70.6 cm³/mol. The van der Waals surface area contributed by atoms with Gasteiger partial charge < -0.3 is 10.4 Å². The Morgan fingerprint density at radius 3 is 2.41 bits per heavy atom. The molecule has 2 N–H and O–H groups in total. The van der Waals surface area contributed by atoms with Crippen molar-refractivity contribution in [1.82, 2.24) is 0 Å². The van der Waals surface area contributed by atoms with Gasteiger partial charge in [-0.15, -0.1) is 0 Å². The number of aliphatic carboxylic acids is 1. The molecule has 0 aliphatic carbocycles. The minimum atomic E-state index is -0.733. The molecular formula is C14H21NO2. The molecule has 0 aromatic heterocycles. The summed E-state index contributed by atoms with van der Waals surface area (Å²) in [6, 6.07) is 4.27. The molecule has 0 heterocycles. The summed E-state index contributed by atoms with van der Waals surface area (Å²) in [7, 11) is 0. The Morgan fingerprint density at radius 1 is 1.24 bits per heavy atom. The van der Waals surface area contributed by atoms with Crippen molar-refractivity contribution in [2.75, 3.05) is 11.9 Å². The lowest BCUT2D eigenvalue weighted by Crippen LogP contribution is -2.14. The molecule has 1 unspecified atom stereocenters. The van der Waals surface area contributed by atoms with Gasteiger partial charge in [0.15, 0.2) is 0 Å². The molecule has 0 spiro atoms. The maximum absolute atomic E-state index is 10.7. The molecule has 1 aromatic rings. The summed E-state index contributed by atoms with van der Waals surface area (Å²) in [5.74, 6) is -1.03. The summed E-state index contributed by atoms with van der Waals surface area (Å²) >= 11 is 0. The fourth-order valence-electron chi connectivity index (χ4n) is 1.70. The van der Waals surface area contributed by atoms with E-state index in [0.29, 0.717) is 13.0 Å². The van der Waals surface area contributed by atoms with E-state index in [1.54, 1.807) is 6.92 Å². The van der Waals surface area contributed by atoms with Gasteiger partial charge in [0.1, 0.15) is 0 Å². The monoisotopic (exact) mass is 235 g/mol. The van der Waals surface area contributed by atoms with Crippen molar-refractivity contribution >= 4 is 11.7 Å². The molecule has 0 saturated heterocycles. The van der Waals surface area contributed by atoms with Crippen LogP contribution in [-0.2, 0) is 4.79 Å². The summed E-state index contributed by atoms with van der Waals surface area (Å²) in [6.07, 6.45) is 0.641. The normalized spacial score (nSPS) is 12.2. The van der Waals surface area contributed by atoms with Crippen molar-refractivity contribution in [3.05, 3.63) is 28.8 Å². The summed E-state index contributed by atoms with van der Waals surface area (Å²) in [6.45, 7) is 8.67. The Bertz CT molecular complexity index is 413. The molecule has 3 nitrogen and oxygen atoms in total. The standard InChI is InChI=1S/C14H21NO2/c1-9(14(16)17)5-6-15-13-8-11(3)10(2)7-12(13)4/h7-9,15H,5-6H2,1-4H3,(H,16,17). The van der Waals surface area contributed by atoms with Gasteiger partial charge in [-0.1, -0.05) is 13.0 Å². The number of anilines is 1. The average molecular weight is 235 g/mol. The van der Waals surface area contributed by atoms with Crippen LogP contribution in [0.5, 0.6) is 0 Å². The molecule has 1 atom stereocenters. The van der Waals surface area contributed by atoms with E-state index in [9.17, 15) is 4.79 Å². The van der Waals surface area contributed by atoms with Crippen molar-refractivity contribution < 1.29 is 9.90 Å². The minimum absolute atomic E-state index is 0.297. The zero-order valence-electron chi connectivity index (χ0n) is 11.0. The van der Waals surface area contributed by atoms with Crippen LogP contribution < -0.4 is 5.32 Å². The highest BCUT2D eigenvalue weighted by Gasteiger charge is 2.10. The lowest BCUT2D eigenvalue weighted by molar-refractivity contribution is -0.141. The maximum Gasteiger partial charge on any atom is 0.306 e. The van der Waals surface area contributed by atoms with Gasteiger partial charge in [-0.05, 0) is 49.9 Å². The van der Waals surface area contributed by atoms with Gasteiger partial charge in [-0.2, -0.15) is 0 Å². The molecule has 0 saturated carbocycles. The average Bonchev–Trinajstić information content (AvgIpc) is 2.25. The molecule has 0 aliphatic heterocycles. The number of benzene rings is 1. The second-order valence-electron chi connectivity index (χ2n) is 4.71. The number of carboxylic acids is 1. The lowest BCUT2D eigenvalue weighted by atomic mass is 10.0. The van der Waals surface area contributed by atoms with Crippen molar-refractivity contribution in [3.8, 4) is 0 Å². The van der Waals surface area contributed by atoms with Crippen molar-refractivity contribution in [3.63, 3.8) is 0 Å². The quantitative estimate of drug-likeness (QED) is 0.824.